The molecule has 0 aliphatic heterocycles. The number of ether oxygens (including phenoxy) is 2. The number of unbranched alkanes of at least 4 members (excludes halogenated alkanes) is 14. The molecule has 15 nitrogen and oxygen atoms in total. The van der Waals surface area contributed by atoms with Crippen molar-refractivity contribution in [3.8, 4) is 0 Å². The lowest BCUT2D eigenvalue weighted by Gasteiger charge is -2.21. The summed E-state index contributed by atoms with van der Waals surface area (Å²) < 4.78 is 32.6. The summed E-state index contributed by atoms with van der Waals surface area (Å²) in [5, 5.41) is 40.2. The van der Waals surface area contributed by atoms with Crippen molar-refractivity contribution in [3.05, 3.63) is 24.3 Å². The molecule has 1 fully saturated rings. The fourth-order valence-corrected chi connectivity index (χ4v) is 7.77. The first-order valence-electron chi connectivity index (χ1n) is 22.5. The van der Waals surface area contributed by atoms with Crippen molar-refractivity contribution in [2.45, 2.75) is 198 Å². The summed E-state index contributed by atoms with van der Waals surface area (Å²) in [7, 11) is -4.82. The van der Waals surface area contributed by atoms with Crippen LogP contribution >= 0.6 is 7.82 Å². The van der Waals surface area contributed by atoms with Crippen molar-refractivity contribution in [1.82, 2.24) is 0 Å². The number of nitrogens with two attached hydrogens (primary N) is 1. The van der Waals surface area contributed by atoms with Crippen LogP contribution in [0.2, 0.25) is 0 Å². The summed E-state index contributed by atoms with van der Waals surface area (Å²) in [5.41, 5.74) is 5.32. The molecule has 8 atom stereocenters. The monoisotopic (exact) mass is 876 g/mol. The number of allylic oxidation sites excluding steroid dienone is 2. The number of esters is 2. The fraction of sp³-hybridized carbons (Fsp3) is 0.818. The minimum Gasteiger partial charge on any atom is -0.480 e. The number of ketones is 1. The van der Waals surface area contributed by atoms with Crippen molar-refractivity contribution in [2.75, 3.05) is 19.8 Å². The number of phosphoric ester groups is 1. The van der Waals surface area contributed by atoms with Gasteiger partial charge in [0.1, 0.15) is 18.4 Å². The zero-order valence-electron chi connectivity index (χ0n) is 36.4. The second-order valence-corrected chi connectivity index (χ2v) is 17.6. The number of Topliss-reactive ketones (excluding diaryl/α,β-unsaturated/α-hetero) is 1. The van der Waals surface area contributed by atoms with Gasteiger partial charge < -0.3 is 40.5 Å². The Morgan fingerprint density at radius 2 is 1.28 bits per heavy atom. The first-order valence-corrected chi connectivity index (χ1v) is 24.0. The van der Waals surface area contributed by atoms with E-state index >= 15 is 0 Å². The van der Waals surface area contributed by atoms with Gasteiger partial charge in [-0.05, 0) is 51.4 Å². The number of hydrogen-bond acceptors (Lipinski definition) is 13. The van der Waals surface area contributed by atoms with Crippen LogP contribution in [0.1, 0.15) is 168 Å². The Kier molecular flexibility index (Phi) is 31.5. The average molecular weight is 876 g/mol. The Labute approximate surface area is 358 Å². The molecular formula is C44H78NO14P. The Morgan fingerprint density at radius 1 is 0.733 bits per heavy atom. The number of aliphatic hydroxyl groups is 3. The third kappa shape index (κ3) is 28.2. The molecular weight excluding hydrogens is 797 g/mol. The maximum Gasteiger partial charge on any atom is 0.472 e. The van der Waals surface area contributed by atoms with Gasteiger partial charge >= 0.3 is 25.7 Å². The van der Waals surface area contributed by atoms with E-state index in [0.717, 1.165) is 57.8 Å². The maximum atomic E-state index is 12.9. The largest absolute Gasteiger partial charge is 0.480 e. The van der Waals surface area contributed by atoms with Crippen LogP contribution in [0.5, 0.6) is 0 Å². The molecule has 0 bridgehead atoms. The zero-order chi connectivity index (χ0) is 44.6. The number of aliphatic carboxylic acids is 1. The highest BCUT2D eigenvalue weighted by Gasteiger charge is 2.41. The number of phosphoric acid groups is 1. The van der Waals surface area contributed by atoms with E-state index in [1.807, 2.05) is 0 Å². The van der Waals surface area contributed by atoms with E-state index in [9.17, 15) is 44.0 Å². The van der Waals surface area contributed by atoms with Crippen LogP contribution in [0.15, 0.2) is 24.3 Å². The van der Waals surface area contributed by atoms with Crippen molar-refractivity contribution in [1.29, 1.82) is 0 Å². The smallest absolute Gasteiger partial charge is 0.472 e. The second kappa shape index (κ2) is 34.1. The van der Waals surface area contributed by atoms with E-state index in [0.29, 0.717) is 19.3 Å². The predicted octanol–water partition coefficient (Wildman–Crippen LogP) is 7.40. The highest BCUT2D eigenvalue weighted by Crippen LogP contribution is 2.43. The molecule has 0 spiro atoms. The van der Waals surface area contributed by atoms with Crippen molar-refractivity contribution < 1.29 is 67.6 Å². The molecule has 0 saturated heterocycles. The molecule has 0 aromatic heterocycles. The van der Waals surface area contributed by atoms with Gasteiger partial charge in [-0.25, -0.2) is 4.57 Å². The zero-order valence-corrected chi connectivity index (χ0v) is 37.3. The Morgan fingerprint density at radius 3 is 1.93 bits per heavy atom. The molecule has 348 valence electrons. The lowest BCUT2D eigenvalue weighted by atomic mass is 9.87. The molecule has 1 saturated carbocycles. The number of carboxylic acids is 1. The molecule has 16 heteroatoms. The number of hydrogen-bond donors (Lipinski definition) is 6. The summed E-state index contributed by atoms with van der Waals surface area (Å²) >= 11 is 0. The Bertz CT molecular complexity index is 1300. The highest BCUT2D eigenvalue weighted by atomic mass is 31.2. The Hall–Kier alpha value is -2.49. The molecule has 1 rings (SSSR count). The van der Waals surface area contributed by atoms with E-state index in [-0.39, 0.29) is 44.3 Å². The summed E-state index contributed by atoms with van der Waals surface area (Å²) in [5.74, 6) is -3.84. The van der Waals surface area contributed by atoms with Crippen LogP contribution in [-0.2, 0) is 42.3 Å². The SMILES string of the molecule is CCCCCCCC/C=C\CCCCCCCC(=O)OC[C@H](COP(=O)(O)OC[C@H](N)C(=O)O)OC(=O)CCCCC(=O)C[C@@H]1[C@@H](/C=C/[C@@H](O)CCCCC)[C@H](O)C[C@@H]1O. The van der Waals surface area contributed by atoms with Crippen molar-refractivity contribution >= 4 is 31.5 Å². The number of carbonyl (C=O) groups excluding carboxylic acids is 3. The standard InChI is InChI=1S/C44H78NO14P/c1-3-5-7-8-9-10-11-12-13-14-15-16-17-18-20-25-42(50)56-31-36(32-57-60(54,55)58-33-39(45)44(52)53)59-43(51)26-22-21-24-35(47)29-38-37(40(48)30-41(38)49)28-27-34(46)23-19-6-4-2/h12-13,27-28,34,36-41,46,48-49H,3-11,14-26,29-33,45H2,1-2H3,(H,52,53)(H,54,55)/b13-12-,28-27+/t34-,36+,37+,38+,39-,40+,41-/m0/s1. The van der Waals surface area contributed by atoms with Gasteiger partial charge in [0.2, 0.25) is 0 Å². The van der Waals surface area contributed by atoms with Gasteiger partial charge in [0.05, 0.1) is 31.5 Å². The third-order valence-corrected chi connectivity index (χ3v) is 11.6. The maximum absolute atomic E-state index is 12.9. The van der Waals surface area contributed by atoms with Gasteiger partial charge in [0.25, 0.3) is 0 Å². The van der Waals surface area contributed by atoms with Crippen LogP contribution in [-0.4, -0.2) is 99.3 Å². The number of carbonyl (C=O) groups is 4. The van der Waals surface area contributed by atoms with E-state index in [4.69, 9.17) is 24.8 Å². The topological polar surface area (TPSA) is 249 Å². The van der Waals surface area contributed by atoms with Gasteiger partial charge in [-0.3, -0.25) is 28.2 Å². The molecule has 0 heterocycles. The molecule has 1 aliphatic rings. The van der Waals surface area contributed by atoms with Crippen LogP contribution in [0.4, 0.5) is 0 Å². The molecule has 0 aromatic rings. The summed E-state index contributed by atoms with van der Waals surface area (Å²) in [6.07, 6.45) is 23.1. The van der Waals surface area contributed by atoms with E-state index < -0.39 is 87.8 Å². The van der Waals surface area contributed by atoms with Gasteiger partial charge in [0.15, 0.2) is 6.10 Å². The third-order valence-electron chi connectivity index (χ3n) is 10.7. The molecule has 7 N–H and O–H groups in total. The van der Waals surface area contributed by atoms with Gasteiger partial charge in [-0.1, -0.05) is 109 Å². The lowest BCUT2D eigenvalue weighted by Crippen LogP contribution is -2.34. The normalized spacial score (nSPS) is 20.6. The minimum atomic E-state index is -4.82. The van der Waals surface area contributed by atoms with E-state index in [1.54, 1.807) is 12.2 Å². The summed E-state index contributed by atoms with van der Waals surface area (Å²) in [6, 6.07) is -1.58. The van der Waals surface area contributed by atoms with Gasteiger partial charge in [-0.2, -0.15) is 0 Å². The molecule has 60 heavy (non-hydrogen) atoms. The molecule has 0 radical (unpaired) electrons. The Balaban J connectivity index is 2.53. The summed E-state index contributed by atoms with van der Waals surface area (Å²) in [4.78, 5) is 59.1. The molecule has 0 aromatic carbocycles. The quantitative estimate of drug-likeness (QED) is 0.0153. The molecule has 0 amide bonds. The van der Waals surface area contributed by atoms with Crippen LogP contribution in [0.3, 0.4) is 0 Å². The number of rotatable bonds is 38. The van der Waals surface area contributed by atoms with E-state index in [2.05, 4.69) is 30.5 Å². The van der Waals surface area contributed by atoms with Crippen LogP contribution < -0.4 is 5.73 Å². The minimum absolute atomic E-state index is 0.0338. The second-order valence-electron chi connectivity index (χ2n) is 16.1. The number of aliphatic hydroxyl groups excluding tert-OH is 3. The average Bonchev–Trinajstić information content (AvgIpc) is 3.47. The fourth-order valence-electron chi connectivity index (χ4n) is 7.00. The molecule has 1 aliphatic carbocycles. The van der Waals surface area contributed by atoms with E-state index in [1.165, 1.54) is 38.5 Å². The van der Waals surface area contributed by atoms with Crippen molar-refractivity contribution in [3.63, 3.8) is 0 Å². The van der Waals surface area contributed by atoms with Crippen molar-refractivity contribution in [2.24, 2.45) is 17.6 Å². The highest BCUT2D eigenvalue weighted by molar-refractivity contribution is 7.47. The predicted molar refractivity (Wildman–Crippen MR) is 229 cm³/mol. The van der Waals surface area contributed by atoms with Crippen LogP contribution in [0, 0.1) is 11.8 Å². The lowest BCUT2D eigenvalue weighted by molar-refractivity contribution is -0.161. The summed E-state index contributed by atoms with van der Waals surface area (Å²) in [6.45, 7) is 2.30. The van der Waals surface area contributed by atoms with Gasteiger partial charge in [0, 0.05) is 43.9 Å². The first kappa shape index (κ1) is 55.5. The number of carboxylic acid groups (broad SMARTS) is 1. The van der Waals surface area contributed by atoms with Gasteiger partial charge in [-0.15, -0.1) is 0 Å². The first-order chi connectivity index (χ1) is 28.7. The van der Waals surface area contributed by atoms with Crippen LogP contribution in [0.25, 0.3) is 0 Å². The molecule has 1 unspecified atom stereocenters.